The van der Waals surface area contributed by atoms with Crippen molar-refractivity contribution in [3.05, 3.63) is 30.1 Å². The van der Waals surface area contributed by atoms with E-state index in [-0.39, 0.29) is 0 Å². The van der Waals surface area contributed by atoms with Crippen LogP contribution >= 0.6 is 0 Å². The predicted molar refractivity (Wildman–Crippen MR) is 82.5 cm³/mol. The minimum Gasteiger partial charge on any atom is -0.382 e. The van der Waals surface area contributed by atoms with Gasteiger partial charge in [-0.1, -0.05) is 25.1 Å². The first-order valence-corrected chi connectivity index (χ1v) is 6.99. The summed E-state index contributed by atoms with van der Waals surface area (Å²) in [6.07, 6.45) is 1.79. The number of imidazole rings is 1. The quantitative estimate of drug-likeness (QED) is 0.759. The van der Waals surface area contributed by atoms with Crippen LogP contribution in [0.25, 0.3) is 21.9 Å². The zero-order valence-electron chi connectivity index (χ0n) is 11.6. The molecule has 0 aliphatic carbocycles. The molecule has 0 saturated carbocycles. The van der Waals surface area contributed by atoms with E-state index in [0.29, 0.717) is 12.4 Å². The molecule has 2 aromatic heterocycles. The van der Waals surface area contributed by atoms with E-state index in [4.69, 9.17) is 11.5 Å². The maximum absolute atomic E-state index is 6.08. The molecular formula is C15H19N5. The fourth-order valence-electron chi connectivity index (χ4n) is 2.67. The third-order valence-corrected chi connectivity index (χ3v) is 3.59. The molecule has 0 saturated heterocycles. The average Bonchev–Trinajstić information content (AvgIpc) is 2.84. The van der Waals surface area contributed by atoms with Crippen molar-refractivity contribution in [3.8, 4) is 0 Å². The van der Waals surface area contributed by atoms with Crippen LogP contribution in [0, 0.1) is 0 Å². The van der Waals surface area contributed by atoms with E-state index in [1.54, 1.807) is 0 Å². The van der Waals surface area contributed by atoms with Crippen molar-refractivity contribution >= 4 is 27.8 Å². The van der Waals surface area contributed by atoms with E-state index in [0.717, 1.165) is 47.1 Å². The van der Waals surface area contributed by atoms with Crippen LogP contribution in [0.5, 0.6) is 0 Å². The summed E-state index contributed by atoms with van der Waals surface area (Å²) >= 11 is 0. The van der Waals surface area contributed by atoms with Crippen LogP contribution in [0.1, 0.15) is 19.2 Å². The van der Waals surface area contributed by atoms with Gasteiger partial charge in [-0.05, 0) is 19.0 Å². The smallest absolute Gasteiger partial charge is 0.152 e. The lowest BCUT2D eigenvalue weighted by molar-refractivity contribution is 0.637. The monoisotopic (exact) mass is 269 g/mol. The number of para-hydroxylation sites is 1. The molecule has 4 N–H and O–H groups in total. The fourth-order valence-corrected chi connectivity index (χ4v) is 2.67. The molecule has 20 heavy (non-hydrogen) atoms. The van der Waals surface area contributed by atoms with Gasteiger partial charge in [-0.3, -0.25) is 0 Å². The Kier molecular flexibility index (Phi) is 3.28. The molecule has 0 fully saturated rings. The number of nitrogens with two attached hydrogens (primary N) is 2. The van der Waals surface area contributed by atoms with Crippen LogP contribution in [0.15, 0.2) is 24.3 Å². The van der Waals surface area contributed by atoms with Gasteiger partial charge in [-0.15, -0.1) is 0 Å². The van der Waals surface area contributed by atoms with Crippen LogP contribution in [-0.4, -0.2) is 21.1 Å². The maximum atomic E-state index is 6.08. The summed E-state index contributed by atoms with van der Waals surface area (Å²) in [6.45, 7) is 3.64. The SMILES string of the molecule is CCc1nc2c(N)nc3ccccc3c2n1CCCN. The number of nitrogens with zero attached hydrogens (tertiary/aromatic N) is 3. The van der Waals surface area contributed by atoms with Crippen molar-refractivity contribution in [2.24, 2.45) is 5.73 Å². The topological polar surface area (TPSA) is 82.8 Å². The highest BCUT2D eigenvalue weighted by atomic mass is 15.1. The lowest BCUT2D eigenvalue weighted by Crippen LogP contribution is -2.08. The number of aromatic nitrogens is 3. The number of aryl methyl sites for hydroxylation is 2. The third kappa shape index (κ3) is 1.91. The highest BCUT2D eigenvalue weighted by molar-refractivity contribution is 6.06. The number of rotatable bonds is 4. The molecule has 0 bridgehead atoms. The summed E-state index contributed by atoms with van der Waals surface area (Å²) < 4.78 is 2.24. The minimum atomic E-state index is 0.500. The van der Waals surface area contributed by atoms with Gasteiger partial charge in [-0.25, -0.2) is 9.97 Å². The molecule has 0 amide bonds. The Morgan fingerprint density at radius 1 is 1.20 bits per heavy atom. The zero-order valence-corrected chi connectivity index (χ0v) is 11.6. The molecule has 0 aliphatic rings. The van der Waals surface area contributed by atoms with Gasteiger partial charge in [-0.2, -0.15) is 0 Å². The molecule has 5 nitrogen and oxygen atoms in total. The second-order valence-corrected chi connectivity index (χ2v) is 4.89. The number of anilines is 1. The van der Waals surface area contributed by atoms with Gasteiger partial charge < -0.3 is 16.0 Å². The first kappa shape index (κ1) is 12.9. The summed E-state index contributed by atoms with van der Waals surface area (Å²) in [5.41, 5.74) is 14.5. The van der Waals surface area contributed by atoms with Gasteiger partial charge in [0, 0.05) is 18.4 Å². The molecule has 3 aromatic rings. The van der Waals surface area contributed by atoms with Crippen molar-refractivity contribution in [1.82, 2.24) is 14.5 Å². The van der Waals surface area contributed by atoms with E-state index in [9.17, 15) is 0 Å². The lowest BCUT2D eigenvalue weighted by Gasteiger charge is -2.09. The Morgan fingerprint density at radius 2 is 2.00 bits per heavy atom. The molecule has 1 aromatic carbocycles. The van der Waals surface area contributed by atoms with E-state index < -0.39 is 0 Å². The Bertz CT molecular complexity index is 760. The van der Waals surface area contributed by atoms with Crippen LogP contribution in [0.2, 0.25) is 0 Å². The molecule has 0 aliphatic heterocycles. The van der Waals surface area contributed by atoms with Crippen molar-refractivity contribution in [2.75, 3.05) is 12.3 Å². The van der Waals surface area contributed by atoms with Crippen LogP contribution in [-0.2, 0) is 13.0 Å². The predicted octanol–water partition coefficient (Wildman–Crippen LogP) is 2.08. The van der Waals surface area contributed by atoms with Crippen molar-refractivity contribution in [2.45, 2.75) is 26.3 Å². The van der Waals surface area contributed by atoms with Crippen molar-refractivity contribution in [3.63, 3.8) is 0 Å². The normalized spacial score (nSPS) is 11.5. The lowest BCUT2D eigenvalue weighted by atomic mass is 10.2. The van der Waals surface area contributed by atoms with Crippen LogP contribution < -0.4 is 11.5 Å². The molecular weight excluding hydrogens is 250 g/mol. The molecule has 0 atom stereocenters. The van der Waals surface area contributed by atoms with Crippen molar-refractivity contribution < 1.29 is 0 Å². The van der Waals surface area contributed by atoms with Gasteiger partial charge in [0.05, 0.1) is 11.0 Å². The largest absolute Gasteiger partial charge is 0.382 e. The van der Waals surface area contributed by atoms with Gasteiger partial charge in [0.25, 0.3) is 0 Å². The first-order valence-electron chi connectivity index (χ1n) is 6.99. The molecule has 0 unspecified atom stereocenters. The van der Waals surface area contributed by atoms with Gasteiger partial charge in [0.1, 0.15) is 11.3 Å². The highest BCUT2D eigenvalue weighted by Crippen LogP contribution is 2.28. The Hall–Kier alpha value is -2.14. The summed E-state index contributed by atoms with van der Waals surface area (Å²) in [6, 6.07) is 8.05. The summed E-state index contributed by atoms with van der Waals surface area (Å²) in [7, 11) is 0. The molecule has 2 heterocycles. The number of fused-ring (bicyclic) bond motifs is 3. The van der Waals surface area contributed by atoms with E-state index >= 15 is 0 Å². The highest BCUT2D eigenvalue weighted by Gasteiger charge is 2.15. The second-order valence-electron chi connectivity index (χ2n) is 4.89. The number of benzene rings is 1. The standard InChI is InChI=1S/C15H19N5/c1-2-12-19-13-14(20(12)9-5-8-16)10-6-3-4-7-11(10)18-15(13)17/h3-4,6-7H,2,5,8-9,16H2,1H3,(H2,17,18). The third-order valence-electron chi connectivity index (χ3n) is 3.59. The molecule has 3 rings (SSSR count). The first-order chi connectivity index (χ1) is 9.76. The Morgan fingerprint density at radius 3 is 2.75 bits per heavy atom. The second kappa shape index (κ2) is 5.09. The molecule has 0 spiro atoms. The van der Waals surface area contributed by atoms with E-state index in [1.165, 1.54) is 0 Å². The summed E-state index contributed by atoms with van der Waals surface area (Å²) in [4.78, 5) is 9.12. The van der Waals surface area contributed by atoms with E-state index in [2.05, 4.69) is 27.5 Å². The zero-order chi connectivity index (χ0) is 14.1. The fraction of sp³-hybridized carbons (Fsp3) is 0.333. The molecule has 104 valence electrons. The molecule has 0 radical (unpaired) electrons. The summed E-state index contributed by atoms with van der Waals surface area (Å²) in [5, 5.41) is 1.10. The number of nitrogen functional groups attached to an aromatic ring is 1. The van der Waals surface area contributed by atoms with Gasteiger partial charge in [0.2, 0.25) is 0 Å². The number of pyridine rings is 1. The summed E-state index contributed by atoms with van der Waals surface area (Å²) in [5.74, 6) is 1.54. The Labute approximate surface area is 117 Å². The van der Waals surface area contributed by atoms with Gasteiger partial charge >= 0.3 is 0 Å². The number of hydrogen-bond donors (Lipinski definition) is 2. The van der Waals surface area contributed by atoms with E-state index in [1.807, 2.05) is 18.2 Å². The van der Waals surface area contributed by atoms with Gasteiger partial charge in [0.15, 0.2) is 5.82 Å². The van der Waals surface area contributed by atoms with Crippen LogP contribution in [0.3, 0.4) is 0 Å². The average molecular weight is 269 g/mol. The van der Waals surface area contributed by atoms with Crippen molar-refractivity contribution in [1.29, 1.82) is 0 Å². The maximum Gasteiger partial charge on any atom is 0.152 e. The van der Waals surface area contributed by atoms with Crippen LogP contribution in [0.4, 0.5) is 5.82 Å². The Balaban J connectivity index is 2.38. The molecule has 5 heteroatoms. The minimum absolute atomic E-state index is 0.500. The number of hydrogen-bond acceptors (Lipinski definition) is 4.